The molecule has 0 unspecified atom stereocenters. The fourth-order valence-corrected chi connectivity index (χ4v) is 3.11. The van der Waals surface area contributed by atoms with Crippen molar-refractivity contribution >= 4 is 34.7 Å². The van der Waals surface area contributed by atoms with Crippen molar-refractivity contribution in [2.45, 2.75) is 19.1 Å². The number of nitrogen functional groups attached to an aromatic ring is 2. The number of nitro benzene ring substituents is 2. The van der Waals surface area contributed by atoms with E-state index in [2.05, 4.69) is 0 Å². The average Bonchev–Trinajstić information content (AvgIpc) is 2.84. The van der Waals surface area contributed by atoms with Gasteiger partial charge in [-0.05, 0) is 41.5 Å². The van der Waals surface area contributed by atoms with Gasteiger partial charge in [-0.15, -0.1) is 0 Å². The van der Waals surface area contributed by atoms with Gasteiger partial charge in [-0.1, -0.05) is 12.1 Å². The summed E-state index contributed by atoms with van der Waals surface area (Å²) in [6.45, 7) is -0.517. The Kier molecular flexibility index (Phi) is 7.56. The highest BCUT2D eigenvalue weighted by Crippen LogP contribution is 2.30. The van der Waals surface area contributed by atoms with Crippen molar-refractivity contribution in [1.82, 2.24) is 0 Å². The van der Waals surface area contributed by atoms with E-state index < -0.39 is 27.7 Å². The molecule has 0 amide bonds. The number of benzene rings is 3. The third-order valence-electron chi connectivity index (χ3n) is 5.01. The molecule has 0 aliphatic carbocycles. The molecule has 0 heterocycles. The lowest BCUT2D eigenvalue weighted by molar-refractivity contribution is -0.385. The number of rotatable bonds is 9. The van der Waals surface area contributed by atoms with Crippen molar-refractivity contribution in [2.24, 2.45) is 0 Å². The van der Waals surface area contributed by atoms with Gasteiger partial charge in [0.2, 0.25) is 0 Å². The number of nitrogens with zero attached hydrogens (tertiary/aromatic N) is 2. The molecule has 0 fully saturated rings. The van der Waals surface area contributed by atoms with E-state index in [1.165, 1.54) is 66.7 Å². The van der Waals surface area contributed by atoms with Crippen LogP contribution in [0.15, 0.2) is 66.7 Å². The molecule has 0 bridgehead atoms. The Morgan fingerprint density at radius 3 is 1.57 bits per heavy atom. The maximum Gasteiger partial charge on any atom is 0.325 e. The second-order valence-electron chi connectivity index (χ2n) is 7.35. The molecule has 3 aromatic carbocycles. The molecule has 0 aliphatic rings. The first kappa shape index (κ1) is 24.6. The molecule has 0 saturated carbocycles. The van der Waals surface area contributed by atoms with E-state index in [1.54, 1.807) is 0 Å². The third kappa shape index (κ3) is 6.07. The fraction of sp³-hybridized carbons (Fsp3) is 0.130. The van der Waals surface area contributed by atoms with E-state index in [1.807, 2.05) is 0 Å². The van der Waals surface area contributed by atoms with Gasteiger partial charge in [0.15, 0.2) is 5.92 Å². The molecule has 12 heteroatoms. The second kappa shape index (κ2) is 10.7. The molecular formula is C23H20N4O8. The molecule has 35 heavy (non-hydrogen) atoms. The molecule has 0 aliphatic heterocycles. The van der Waals surface area contributed by atoms with E-state index >= 15 is 0 Å². The standard InChI is InChI=1S/C23H20N4O8/c24-19-3-1-2-18(21(19)25)20(22(28)34-12-14-4-8-16(9-5-14)26(30)31)23(29)35-13-15-6-10-17(11-7-15)27(32)33/h1-11,20H,12-13,24-25H2. The Balaban J connectivity index is 1.77. The van der Waals surface area contributed by atoms with Crippen LogP contribution in [0.1, 0.15) is 22.6 Å². The minimum absolute atomic E-state index is 0.0112. The highest BCUT2D eigenvalue weighted by molar-refractivity contribution is 6.02. The summed E-state index contributed by atoms with van der Waals surface area (Å²) in [4.78, 5) is 46.3. The van der Waals surface area contributed by atoms with E-state index in [-0.39, 0.29) is 41.5 Å². The predicted molar refractivity (Wildman–Crippen MR) is 124 cm³/mol. The van der Waals surface area contributed by atoms with Crippen LogP contribution in [0.3, 0.4) is 0 Å². The number of carbonyl (C=O) groups is 2. The molecule has 0 spiro atoms. The number of ether oxygens (including phenoxy) is 2. The maximum absolute atomic E-state index is 12.9. The SMILES string of the molecule is Nc1cccc(C(C(=O)OCc2ccc([N+](=O)[O-])cc2)C(=O)OCc2ccc([N+](=O)[O-])cc2)c1N. The monoisotopic (exact) mass is 480 g/mol. The zero-order valence-corrected chi connectivity index (χ0v) is 18.2. The van der Waals surface area contributed by atoms with Crippen LogP contribution < -0.4 is 11.5 Å². The summed E-state index contributed by atoms with van der Waals surface area (Å²) in [6.07, 6.45) is 0. The van der Waals surface area contributed by atoms with Crippen LogP contribution in [-0.2, 0) is 32.3 Å². The number of esters is 2. The van der Waals surface area contributed by atoms with Gasteiger partial charge in [-0.3, -0.25) is 29.8 Å². The minimum Gasteiger partial charge on any atom is -0.460 e. The van der Waals surface area contributed by atoms with Gasteiger partial charge in [0.25, 0.3) is 11.4 Å². The topological polar surface area (TPSA) is 191 Å². The Labute approximate surface area is 198 Å². The van der Waals surface area contributed by atoms with Gasteiger partial charge in [-0.25, -0.2) is 0 Å². The smallest absolute Gasteiger partial charge is 0.325 e. The lowest BCUT2D eigenvalue weighted by Gasteiger charge is -2.18. The van der Waals surface area contributed by atoms with Crippen molar-refractivity contribution in [3.63, 3.8) is 0 Å². The summed E-state index contributed by atoms with van der Waals surface area (Å²) in [5.74, 6) is -3.49. The third-order valence-corrected chi connectivity index (χ3v) is 5.01. The first-order chi connectivity index (χ1) is 16.7. The van der Waals surface area contributed by atoms with Gasteiger partial charge in [0, 0.05) is 29.8 Å². The normalized spacial score (nSPS) is 10.5. The number of nitrogens with two attached hydrogens (primary N) is 2. The Bertz CT molecular complexity index is 1190. The van der Waals surface area contributed by atoms with Crippen molar-refractivity contribution in [1.29, 1.82) is 0 Å². The van der Waals surface area contributed by atoms with Gasteiger partial charge in [0.1, 0.15) is 13.2 Å². The molecule has 0 saturated heterocycles. The van der Waals surface area contributed by atoms with Gasteiger partial charge in [0.05, 0.1) is 21.2 Å². The second-order valence-corrected chi connectivity index (χ2v) is 7.35. The number of hydrogen-bond donors (Lipinski definition) is 2. The van der Waals surface area contributed by atoms with Gasteiger partial charge >= 0.3 is 11.9 Å². The summed E-state index contributed by atoms with van der Waals surface area (Å²) in [5.41, 5.74) is 12.7. The summed E-state index contributed by atoms with van der Waals surface area (Å²) in [6, 6.07) is 15.2. The highest BCUT2D eigenvalue weighted by Gasteiger charge is 2.34. The Morgan fingerprint density at radius 2 is 1.17 bits per heavy atom. The fourth-order valence-electron chi connectivity index (χ4n) is 3.11. The summed E-state index contributed by atoms with van der Waals surface area (Å²) in [5, 5.41) is 21.6. The Hall–Kier alpha value is -5.00. The predicted octanol–water partition coefficient (Wildman–Crippen LogP) is 3.24. The van der Waals surface area contributed by atoms with Crippen LogP contribution in [0, 0.1) is 20.2 Å². The lowest BCUT2D eigenvalue weighted by Crippen LogP contribution is -2.27. The molecule has 0 radical (unpaired) electrons. The average molecular weight is 480 g/mol. The molecular weight excluding hydrogens is 460 g/mol. The minimum atomic E-state index is -1.56. The number of para-hydroxylation sites is 1. The molecule has 0 aromatic heterocycles. The molecule has 3 aromatic rings. The number of carbonyl (C=O) groups excluding carboxylic acids is 2. The van der Waals surface area contributed by atoms with Crippen LogP contribution in [0.2, 0.25) is 0 Å². The molecule has 0 atom stereocenters. The zero-order valence-electron chi connectivity index (χ0n) is 18.2. The summed E-state index contributed by atoms with van der Waals surface area (Å²) in [7, 11) is 0. The van der Waals surface area contributed by atoms with Crippen molar-refractivity contribution < 1.29 is 28.9 Å². The summed E-state index contributed by atoms with van der Waals surface area (Å²) < 4.78 is 10.5. The Morgan fingerprint density at radius 1 is 0.743 bits per heavy atom. The van der Waals surface area contributed by atoms with Gasteiger partial charge in [-0.2, -0.15) is 0 Å². The van der Waals surface area contributed by atoms with Crippen LogP contribution in [-0.4, -0.2) is 21.8 Å². The van der Waals surface area contributed by atoms with Crippen LogP contribution >= 0.6 is 0 Å². The van der Waals surface area contributed by atoms with Crippen molar-refractivity contribution in [2.75, 3.05) is 11.5 Å². The van der Waals surface area contributed by atoms with Crippen LogP contribution in [0.5, 0.6) is 0 Å². The zero-order chi connectivity index (χ0) is 25.5. The number of nitro groups is 2. The number of anilines is 2. The number of hydrogen-bond acceptors (Lipinski definition) is 10. The molecule has 4 N–H and O–H groups in total. The molecule has 180 valence electrons. The maximum atomic E-state index is 12.9. The van der Waals surface area contributed by atoms with Crippen molar-refractivity contribution in [3.05, 3.63) is 104 Å². The molecule has 3 rings (SSSR count). The highest BCUT2D eigenvalue weighted by atomic mass is 16.6. The molecule has 12 nitrogen and oxygen atoms in total. The van der Waals surface area contributed by atoms with E-state index in [4.69, 9.17) is 20.9 Å². The lowest BCUT2D eigenvalue weighted by atomic mass is 9.96. The van der Waals surface area contributed by atoms with Gasteiger partial charge < -0.3 is 20.9 Å². The number of non-ortho nitro benzene ring substituents is 2. The first-order valence-electron chi connectivity index (χ1n) is 10.1. The van der Waals surface area contributed by atoms with E-state index in [9.17, 15) is 29.8 Å². The summed E-state index contributed by atoms with van der Waals surface area (Å²) >= 11 is 0. The first-order valence-corrected chi connectivity index (χ1v) is 10.1. The van der Waals surface area contributed by atoms with E-state index in [0.717, 1.165) is 0 Å². The quantitative estimate of drug-likeness (QED) is 0.151. The van der Waals surface area contributed by atoms with Crippen molar-refractivity contribution in [3.8, 4) is 0 Å². The van der Waals surface area contributed by atoms with E-state index in [0.29, 0.717) is 11.1 Å². The van der Waals surface area contributed by atoms with Crippen LogP contribution in [0.4, 0.5) is 22.7 Å². The largest absolute Gasteiger partial charge is 0.460 e. The van der Waals surface area contributed by atoms with Crippen LogP contribution in [0.25, 0.3) is 0 Å².